The van der Waals surface area contributed by atoms with E-state index < -0.39 is 52.5 Å². The minimum Gasteiger partial charge on any atom is -0.481 e. The first-order chi connectivity index (χ1) is 19.0. The number of ether oxygens (including phenoxy) is 4. The van der Waals surface area contributed by atoms with E-state index in [2.05, 4.69) is 4.98 Å². The monoisotopic (exact) mass is 570 g/mol. The van der Waals surface area contributed by atoms with Gasteiger partial charge in [0.1, 0.15) is 22.7 Å². The van der Waals surface area contributed by atoms with Gasteiger partial charge in [0.25, 0.3) is 5.56 Å². The first-order valence-corrected chi connectivity index (χ1v) is 13.1. The number of hydrogen-bond donors (Lipinski definition) is 0. The zero-order valence-corrected chi connectivity index (χ0v) is 24.5. The molecule has 1 aromatic carbocycles. The van der Waals surface area contributed by atoms with Gasteiger partial charge in [0.2, 0.25) is 0 Å². The Hall–Kier alpha value is -4.28. The molecule has 3 rings (SSSR count). The zero-order valence-electron chi connectivity index (χ0n) is 24.5. The predicted octanol–water partition coefficient (Wildman–Crippen LogP) is 4.51. The van der Waals surface area contributed by atoms with Crippen molar-refractivity contribution in [3.8, 4) is 11.5 Å². The van der Waals surface area contributed by atoms with Gasteiger partial charge in [-0.1, -0.05) is 6.07 Å². The molecule has 0 aliphatic carbocycles. The van der Waals surface area contributed by atoms with E-state index in [1.54, 1.807) is 54.5 Å². The standard InChI is InChI=1S/C30H35FN2O8/c1-9-38-27(36)23-25(40-28(37)29(2,3)4)24-20(33(8)26(23)35)13-17(15-32-24)12-18-10-11-19(31)14-21(18)39-16-22(34)41-30(5,6)7/h10-11,13-15H,9,12,16H2,1-8H3. The molecule has 0 spiro atoms. The molecule has 0 N–H and O–H groups in total. The van der Waals surface area contributed by atoms with Crippen LogP contribution in [0.1, 0.15) is 70.0 Å². The average Bonchev–Trinajstić information content (AvgIpc) is 2.85. The largest absolute Gasteiger partial charge is 0.481 e. The maximum Gasteiger partial charge on any atom is 0.347 e. The molecule has 2 aromatic heterocycles. The van der Waals surface area contributed by atoms with Crippen LogP contribution in [0.25, 0.3) is 11.0 Å². The van der Waals surface area contributed by atoms with Crippen molar-refractivity contribution in [3.63, 3.8) is 0 Å². The molecule has 2 heterocycles. The molecule has 0 bridgehead atoms. The summed E-state index contributed by atoms with van der Waals surface area (Å²) in [5.41, 5.74) is -1.26. The summed E-state index contributed by atoms with van der Waals surface area (Å²) in [7, 11) is 1.46. The number of fused-ring (bicyclic) bond motifs is 1. The van der Waals surface area contributed by atoms with Crippen molar-refractivity contribution in [1.29, 1.82) is 0 Å². The quantitative estimate of drug-likeness (QED) is 0.360. The summed E-state index contributed by atoms with van der Waals surface area (Å²) in [6, 6.07) is 5.59. The highest BCUT2D eigenvalue weighted by molar-refractivity contribution is 6.00. The van der Waals surface area contributed by atoms with E-state index in [9.17, 15) is 23.6 Å². The third-order valence-electron chi connectivity index (χ3n) is 5.72. The number of carbonyl (C=O) groups is 3. The van der Waals surface area contributed by atoms with Crippen LogP contribution in [0.4, 0.5) is 4.39 Å². The molecule has 11 heteroatoms. The molecule has 41 heavy (non-hydrogen) atoms. The minimum absolute atomic E-state index is 0.00898. The average molecular weight is 571 g/mol. The van der Waals surface area contributed by atoms with Crippen molar-refractivity contribution in [2.75, 3.05) is 13.2 Å². The third-order valence-corrected chi connectivity index (χ3v) is 5.72. The van der Waals surface area contributed by atoms with E-state index in [-0.39, 0.29) is 35.6 Å². The summed E-state index contributed by atoms with van der Waals surface area (Å²) in [5, 5.41) is 0. The van der Waals surface area contributed by atoms with Gasteiger partial charge in [-0.15, -0.1) is 0 Å². The lowest BCUT2D eigenvalue weighted by molar-refractivity contribution is -0.157. The van der Waals surface area contributed by atoms with Crippen LogP contribution in [-0.4, -0.2) is 46.3 Å². The van der Waals surface area contributed by atoms with Gasteiger partial charge in [-0.05, 0) is 71.7 Å². The zero-order chi connectivity index (χ0) is 30.7. The van der Waals surface area contributed by atoms with Crippen LogP contribution in [-0.2, 0) is 32.5 Å². The second kappa shape index (κ2) is 12.1. The molecular formula is C30H35FN2O8. The highest BCUT2D eigenvalue weighted by Crippen LogP contribution is 2.31. The summed E-state index contributed by atoms with van der Waals surface area (Å²) < 4.78 is 36.8. The van der Waals surface area contributed by atoms with Gasteiger partial charge in [-0.25, -0.2) is 14.0 Å². The Morgan fingerprint density at radius 3 is 2.34 bits per heavy atom. The number of esters is 3. The number of benzene rings is 1. The van der Waals surface area contributed by atoms with E-state index in [1.807, 2.05) is 0 Å². The van der Waals surface area contributed by atoms with E-state index in [0.717, 1.165) is 0 Å². The van der Waals surface area contributed by atoms with Crippen LogP contribution in [0, 0.1) is 11.2 Å². The fourth-order valence-corrected chi connectivity index (χ4v) is 3.78. The number of aromatic nitrogens is 2. The second-order valence-electron chi connectivity index (χ2n) is 11.4. The molecular weight excluding hydrogens is 535 g/mol. The Kier molecular flexibility index (Phi) is 9.20. The molecule has 0 aliphatic rings. The van der Waals surface area contributed by atoms with Gasteiger partial charge in [-0.2, -0.15) is 0 Å². The van der Waals surface area contributed by atoms with Gasteiger partial charge in [0.15, 0.2) is 17.9 Å². The van der Waals surface area contributed by atoms with Crippen molar-refractivity contribution in [2.24, 2.45) is 12.5 Å². The minimum atomic E-state index is -0.935. The van der Waals surface area contributed by atoms with Gasteiger partial charge < -0.3 is 23.5 Å². The number of hydrogen-bond acceptors (Lipinski definition) is 9. The van der Waals surface area contributed by atoms with E-state index in [0.29, 0.717) is 11.1 Å². The number of aryl methyl sites for hydroxylation is 1. The predicted molar refractivity (Wildman–Crippen MR) is 149 cm³/mol. The normalized spacial score (nSPS) is 11.7. The van der Waals surface area contributed by atoms with Gasteiger partial charge in [0.05, 0.1) is 17.5 Å². The first-order valence-electron chi connectivity index (χ1n) is 13.1. The summed E-state index contributed by atoms with van der Waals surface area (Å²) >= 11 is 0. The summed E-state index contributed by atoms with van der Waals surface area (Å²) in [6.07, 6.45) is 1.68. The Labute approximate surface area is 237 Å². The Bertz CT molecular complexity index is 1550. The highest BCUT2D eigenvalue weighted by Gasteiger charge is 2.31. The van der Waals surface area contributed by atoms with Crippen molar-refractivity contribution in [3.05, 3.63) is 63.3 Å². The highest BCUT2D eigenvalue weighted by atomic mass is 19.1. The SMILES string of the molecule is CCOC(=O)c1c(OC(=O)C(C)(C)C)c2ncc(Cc3ccc(F)cc3OCC(=O)OC(C)(C)C)cc2n(C)c1=O. The van der Waals surface area contributed by atoms with Gasteiger partial charge >= 0.3 is 17.9 Å². The number of pyridine rings is 2. The lowest BCUT2D eigenvalue weighted by atomic mass is 9.97. The lowest BCUT2D eigenvalue weighted by Gasteiger charge is -2.20. The number of nitrogens with zero attached hydrogens (tertiary/aromatic N) is 2. The fourth-order valence-electron chi connectivity index (χ4n) is 3.78. The molecule has 0 saturated carbocycles. The van der Waals surface area contributed by atoms with Crippen LogP contribution in [0.15, 0.2) is 35.3 Å². The van der Waals surface area contributed by atoms with Crippen LogP contribution < -0.4 is 15.0 Å². The topological polar surface area (TPSA) is 123 Å². The molecule has 0 aliphatic heterocycles. The summed E-state index contributed by atoms with van der Waals surface area (Å²) in [6.45, 7) is 11.3. The van der Waals surface area contributed by atoms with Crippen LogP contribution in [0.2, 0.25) is 0 Å². The summed E-state index contributed by atoms with van der Waals surface area (Å²) in [4.78, 5) is 55.4. The maximum absolute atomic E-state index is 14.1. The molecule has 220 valence electrons. The Morgan fingerprint density at radius 2 is 1.73 bits per heavy atom. The second-order valence-corrected chi connectivity index (χ2v) is 11.4. The number of carbonyl (C=O) groups excluding carboxylic acids is 3. The van der Waals surface area contributed by atoms with Crippen molar-refractivity contribution >= 4 is 28.9 Å². The van der Waals surface area contributed by atoms with Crippen LogP contribution in [0.5, 0.6) is 11.5 Å². The number of rotatable bonds is 8. The smallest absolute Gasteiger partial charge is 0.347 e. The molecule has 10 nitrogen and oxygen atoms in total. The number of halogens is 1. The van der Waals surface area contributed by atoms with Crippen LogP contribution >= 0.6 is 0 Å². The molecule has 0 unspecified atom stereocenters. The molecule has 0 amide bonds. The molecule has 3 aromatic rings. The lowest BCUT2D eigenvalue weighted by Crippen LogP contribution is -2.31. The fraction of sp³-hybridized carbons (Fsp3) is 0.433. The van der Waals surface area contributed by atoms with E-state index in [4.69, 9.17) is 18.9 Å². The maximum atomic E-state index is 14.1. The summed E-state index contributed by atoms with van der Waals surface area (Å²) in [5.74, 6) is -2.90. The van der Waals surface area contributed by atoms with E-state index in [1.165, 1.54) is 36.0 Å². The van der Waals surface area contributed by atoms with Crippen LogP contribution in [0.3, 0.4) is 0 Å². The Balaban J connectivity index is 2.06. The van der Waals surface area contributed by atoms with Gasteiger partial charge in [-0.3, -0.25) is 14.6 Å². The molecule has 0 saturated heterocycles. The van der Waals surface area contributed by atoms with Crippen molar-refractivity contribution in [1.82, 2.24) is 9.55 Å². The van der Waals surface area contributed by atoms with Crippen molar-refractivity contribution in [2.45, 2.75) is 60.5 Å². The molecule has 0 atom stereocenters. The van der Waals surface area contributed by atoms with E-state index >= 15 is 0 Å². The molecule has 0 radical (unpaired) electrons. The third kappa shape index (κ3) is 7.68. The van der Waals surface area contributed by atoms with Gasteiger partial charge in [0, 0.05) is 25.7 Å². The molecule has 0 fully saturated rings. The first kappa shape index (κ1) is 31.3. The van der Waals surface area contributed by atoms with Crippen molar-refractivity contribution < 1.29 is 37.7 Å². The Morgan fingerprint density at radius 1 is 1.05 bits per heavy atom.